The van der Waals surface area contributed by atoms with Crippen molar-refractivity contribution in [2.45, 2.75) is 86.1 Å². The van der Waals surface area contributed by atoms with Gasteiger partial charge in [0.05, 0.1) is 0 Å². The molecule has 26 heavy (non-hydrogen) atoms. The van der Waals surface area contributed by atoms with Gasteiger partial charge >= 0.3 is 0 Å². The molecule has 1 saturated carbocycles. The molecule has 2 aliphatic rings. The second-order valence-corrected chi connectivity index (χ2v) is 11.3. The van der Waals surface area contributed by atoms with E-state index in [4.69, 9.17) is 0 Å². The molecule has 0 bridgehead atoms. The van der Waals surface area contributed by atoms with E-state index in [1.54, 1.807) is 0 Å². The highest BCUT2D eigenvalue weighted by molar-refractivity contribution is 5.14. The minimum atomic E-state index is 0.483. The van der Waals surface area contributed by atoms with Gasteiger partial charge < -0.3 is 0 Å². The van der Waals surface area contributed by atoms with E-state index in [9.17, 15) is 0 Å². The maximum Gasteiger partial charge on any atom is 0.0233 e. The van der Waals surface area contributed by atoms with Gasteiger partial charge in [0.1, 0.15) is 0 Å². The summed E-state index contributed by atoms with van der Waals surface area (Å²) < 4.78 is 0. The Bertz CT molecular complexity index is 553. The maximum absolute atomic E-state index is 2.78. The molecule has 1 unspecified atom stereocenters. The summed E-state index contributed by atoms with van der Waals surface area (Å²) in [6.07, 6.45) is 9.80. The minimum Gasteiger partial charge on any atom is -0.299 e. The lowest BCUT2D eigenvalue weighted by Gasteiger charge is -2.46. The van der Waals surface area contributed by atoms with Crippen LogP contribution >= 0.6 is 0 Å². The molecule has 1 atom stereocenters. The molecule has 1 aromatic carbocycles. The molecule has 1 heteroatoms. The molecule has 146 valence electrons. The summed E-state index contributed by atoms with van der Waals surface area (Å²) in [5, 5.41) is 0. The smallest absolute Gasteiger partial charge is 0.0233 e. The van der Waals surface area contributed by atoms with E-state index in [0.717, 1.165) is 12.5 Å². The number of benzene rings is 1. The van der Waals surface area contributed by atoms with Crippen molar-refractivity contribution >= 4 is 0 Å². The lowest BCUT2D eigenvalue weighted by molar-refractivity contribution is 0.0481. The molecule has 0 N–H and O–H groups in total. The Morgan fingerprint density at radius 1 is 0.923 bits per heavy atom. The fraction of sp³-hybridized carbons (Fsp3) is 0.760. The van der Waals surface area contributed by atoms with Crippen LogP contribution in [-0.4, -0.2) is 18.0 Å². The molecule has 0 radical (unpaired) electrons. The number of rotatable bonds is 2. The molecular formula is C25H41N. The highest BCUT2D eigenvalue weighted by atomic mass is 15.1. The summed E-state index contributed by atoms with van der Waals surface area (Å²) in [5.41, 5.74) is 2.97. The van der Waals surface area contributed by atoms with Crippen LogP contribution in [0.2, 0.25) is 0 Å². The van der Waals surface area contributed by atoms with Crippen LogP contribution in [0.15, 0.2) is 30.3 Å². The van der Waals surface area contributed by atoms with Gasteiger partial charge in [0, 0.05) is 13.1 Å². The monoisotopic (exact) mass is 355 g/mol. The lowest BCUT2D eigenvalue weighted by atomic mass is 9.61. The van der Waals surface area contributed by atoms with Crippen molar-refractivity contribution in [3.8, 4) is 0 Å². The summed E-state index contributed by atoms with van der Waals surface area (Å²) >= 11 is 0. The van der Waals surface area contributed by atoms with Gasteiger partial charge in [0.15, 0.2) is 0 Å². The molecule has 3 rings (SSSR count). The average molecular weight is 356 g/mol. The van der Waals surface area contributed by atoms with E-state index in [0.29, 0.717) is 16.2 Å². The third-order valence-electron chi connectivity index (χ3n) is 7.15. The predicted octanol–water partition coefficient (Wildman–Crippen LogP) is 6.92. The largest absolute Gasteiger partial charge is 0.299 e. The number of hydrogen-bond donors (Lipinski definition) is 0. The van der Waals surface area contributed by atoms with Gasteiger partial charge in [-0.15, -0.1) is 0 Å². The average Bonchev–Trinajstić information content (AvgIpc) is 2.71. The van der Waals surface area contributed by atoms with Gasteiger partial charge in [-0.2, -0.15) is 0 Å². The van der Waals surface area contributed by atoms with Crippen LogP contribution in [0.3, 0.4) is 0 Å². The van der Waals surface area contributed by atoms with Gasteiger partial charge in [0.25, 0.3) is 0 Å². The molecule has 1 saturated heterocycles. The van der Waals surface area contributed by atoms with E-state index < -0.39 is 0 Å². The van der Waals surface area contributed by atoms with E-state index in [-0.39, 0.29) is 0 Å². The topological polar surface area (TPSA) is 3.24 Å². The van der Waals surface area contributed by atoms with Crippen LogP contribution < -0.4 is 0 Å². The number of nitrogens with zero attached hydrogens (tertiary/aromatic N) is 1. The molecule has 1 aromatic rings. The molecule has 1 aliphatic heterocycles. The first-order valence-electron chi connectivity index (χ1n) is 10.9. The fourth-order valence-corrected chi connectivity index (χ4v) is 6.01. The Balaban J connectivity index is 1.80. The summed E-state index contributed by atoms with van der Waals surface area (Å²) in [7, 11) is 0. The first kappa shape index (κ1) is 19.9. The third-order valence-corrected chi connectivity index (χ3v) is 7.15. The van der Waals surface area contributed by atoms with Crippen LogP contribution in [0, 0.1) is 22.2 Å². The lowest BCUT2D eigenvalue weighted by Crippen LogP contribution is -2.40. The number of likely N-dealkylation sites (tertiary alicyclic amines) is 1. The van der Waals surface area contributed by atoms with Crippen molar-refractivity contribution in [1.82, 2.24) is 4.90 Å². The SMILES string of the molecule is CC1CCN(Cc2ccccc2)CC2(CCC(C)(C)CC(C)(C)CC2)C1. The Morgan fingerprint density at radius 2 is 1.54 bits per heavy atom. The summed E-state index contributed by atoms with van der Waals surface area (Å²) in [5.74, 6) is 0.862. The van der Waals surface area contributed by atoms with Crippen LogP contribution in [0.1, 0.15) is 85.1 Å². The van der Waals surface area contributed by atoms with Crippen molar-refractivity contribution in [3.63, 3.8) is 0 Å². The van der Waals surface area contributed by atoms with Crippen LogP contribution in [0.5, 0.6) is 0 Å². The molecule has 0 amide bonds. The second kappa shape index (κ2) is 7.66. The van der Waals surface area contributed by atoms with Gasteiger partial charge in [-0.25, -0.2) is 0 Å². The number of hydrogen-bond acceptors (Lipinski definition) is 1. The quantitative estimate of drug-likeness (QED) is 0.556. The summed E-state index contributed by atoms with van der Waals surface area (Å²) in [6, 6.07) is 11.1. The second-order valence-electron chi connectivity index (χ2n) is 11.3. The van der Waals surface area contributed by atoms with Gasteiger partial charge in [-0.3, -0.25) is 4.90 Å². The standard InChI is InChI=1S/C25H41N/c1-21-11-16-26(18-22-9-7-6-8-10-22)20-25(17-21)14-12-23(2,3)19-24(4,5)13-15-25/h6-10,21H,11-20H2,1-5H3. The maximum atomic E-state index is 2.78. The zero-order valence-corrected chi connectivity index (χ0v) is 18.0. The van der Waals surface area contributed by atoms with E-state index >= 15 is 0 Å². The molecule has 1 aliphatic carbocycles. The van der Waals surface area contributed by atoms with Crippen molar-refractivity contribution < 1.29 is 0 Å². The van der Waals surface area contributed by atoms with Crippen molar-refractivity contribution in [2.75, 3.05) is 13.1 Å². The zero-order chi connectivity index (χ0) is 18.8. The van der Waals surface area contributed by atoms with Crippen LogP contribution in [0.4, 0.5) is 0 Å². The van der Waals surface area contributed by atoms with Gasteiger partial charge in [-0.1, -0.05) is 65.0 Å². The Hall–Kier alpha value is -0.820. The molecule has 1 nitrogen and oxygen atoms in total. The van der Waals surface area contributed by atoms with Crippen LogP contribution in [-0.2, 0) is 6.54 Å². The Kier molecular flexibility index (Phi) is 5.87. The fourth-order valence-electron chi connectivity index (χ4n) is 6.01. The highest BCUT2D eigenvalue weighted by Crippen LogP contribution is 2.51. The summed E-state index contributed by atoms with van der Waals surface area (Å²) in [6.45, 7) is 16.2. The summed E-state index contributed by atoms with van der Waals surface area (Å²) in [4.78, 5) is 2.78. The predicted molar refractivity (Wildman–Crippen MR) is 113 cm³/mol. The van der Waals surface area contributed by atoms with Gasteiger partial charge in [-0.05, 0) is 79.2 Å². The Labute approximate surface area is 162 Å². The Morgan fingerprint density at radius 3 is 2.15 bits per heavy atom. The van der Waals surface area contributed by atoms with E-state index in [1.807, 2.05) is 0 Å². The molecule has 2 fully saturated rings. The molecule has 1 spiro atoms. The van der Waals surface area contributed by atoms with E-state index in [2.05, 4.69) is 69.9 Å². The third kappa shape index (κ3) is 5.35. The van der Waals surface area contributed by atoms with Crippen LogP contribution in [0.25, 0.3) is 0 Å². The first-order valence-corrected chi connectivity index (χ1v) is 10.9. The molecule has 1 heterocycles. The van der Waals surface area contributed by atoms with Gasteiger partial charge in [0.2, 0.25) is 0 Å². The molecule has 0 aromatic heterocycles. The minimum absolute atomic E-state index is 0.483. The first-order chi connectivity index (χ1) is 12.2. The highest BCUT2D eigenvalue weighted by Gasteiger charge is 2.41. The zero-order valence-electron chi connectivity index (χ0n) is 18.0. The van der Waals surface area contributed by atoms with E-state index in [1.165, 1.54) is 63.6 Å². The van der Waals surface area contributed by atoms with Crippen molar-refractivity contribution in [1.29, 1.82) is 0 Å². The van der Waals surface area contributed by atoms with Crippen molar-refractivity contribution in [3.05, 3.63) is 35.9 Å². The van der Waals surface area contributed by atoms with Crippen molar-refractivity contribution in [2.24, 2.45) is 22.2 Å². The molecular weight excluding hydrogens is 314 g/mol. The normalized spacial score (nSPS) is 28.9.